The van der Waals surface area contributed by atoms with Crippen molar-refractivity contribution >= 4 is 22.8 Å². The second-order valence-electron chi connectivity index (χ2n) is 7.16. The zero-order valence-corrected chi connectivity index (χ0v) is 17.1. The van der Waals surface area contributed by atoms with Gasteiger partial charge in [-0.05, 0) is 42.2 Å². The van der Waals surface area contributed by atoms with Gasteiger partial charge in [0.15, 0.2) is 0 Å². The van der Waals surface area contributed by atoms with Crippen LogP contribution in [0.2, 0.25) is 0 Å². The van der Waals surface area contributed by atoms with E-state index in [1.54, 1.807) is 30.6 Å². The van der Waals surface area contributed by atoms with E-state index in [0.717, 1.165) is 34.9 Å². The molecule has 32 heavy (non-hydrogen) atoms. The fraction of sp³-hybridized carbons (Fsp3) is 0.125. The summed E-state index contributed by atoms with van der Waals surface area (Å²) in [6.07, 6.45) is 6.30. The molecule has 1 amide bonds. The van der Waals surface area contributed by atoms with Crippen molar-refractivity contribution in [3.8, 4) is 17.0 Å². The summed E-state index contributed by atoms with van der Waals surface area (Å²) in [7, 11) is 0. The highest BCUT2D eigenvalue weighted by molar-refractivity contribution is 5.97. The molecule has 8 nitrogen and oxygen atoms in total. The van der Waals surface area contributed by atoms with Crippen LogP contribution in [0.1, 0.15) is 32.8 Å². The molecule has 8 heteroatoms. The lowest BCUT2D eigenvalue weighted by atomic mass is 10.0. The number of aromatic carboxylic acids is 1. The Hall–Kier alpha value is -4.33. The lowest BCUT2D eigenvalue weighted by Gasteiger charge is -2.08. The Morgan fingerprint density at radius 3 is 2.47 bits per heavy atom. The number of carboxylic acid groups (broad SMARTS) is 1. The number of aryl methyl sites for hydroxylation is 1. The Morgan fingerprint density at radius 2 is 1.78 bits per heavy atom. The number of carboxylic acids is 1. The first-order chi connectivity index (χ1) is 15.5. The van der Waals surface area contributed by atoms with E-state index < -0.39 is 11.9 Å². The van der Waals surface area contributed by atoms with Crippen LogP contribution in [0.3, 0.4) is 0 Å². The third-order valence-corrected chi connectivity index (χ3v) is 4.96. The summed E-state index contributed by atoms with van der Waals surface area (Å²) < 4.78 is 5.58. The molecule has 0 saturated carbocycles. The molecule has 4 aromatic rings. The number of nitrogens with two attached hydrogens (primary N) is 1. The predicted molar refractivity (Wildman–Crippen MR) is 119 cm³/mol. The fourth-order valence-electron chi connectivity index (χ4n) is 3.29. The molecule has 0 aliphatic carbocycles. The van der Waals surface area contributed by atoms with Gasteiger partial charge in [-0.1, -0.05) is 24.3 Å². The van der Waals surface area contributed by atoms with Gasteiger partial charge >= 0.3 is 5.97 Å². The highest BCUT2D eigenvalue weighted by Crippen LogP contribution is 2.27. The van der Waals surface area contributed by atoms with Crippen LogP contribution in [0, 0.1) is 0 Å². The van der Waals surface area contributed by atoms with E-state index in [1.165, 1.54) is 12.3 Å². The van der Waals surface area contributed by atoms with Crippen molar-refractivity contribution in [3.63, 3.8) is 0 Å². The molecule has 0 radical (unpaired) electrons. The van der Waals surface area contributed by atoms with Crippen LogP contribution in [0.25, 0.3) is 22.0 Å². The number of hydrogen-bond donors (Lipinski definition) is 2. The number of carbonyl (C=O) groups excluding carboxylic acids is 1. The normalized spacial score (nSPS) is 10.8. The number of rotatable bonds is 8. The summed E-state index contributed by atoms with van der Waals surface area (Å²) >= 11 is 0. The second-order valence-corrected chi connectivity index (χ2v) is 7.16. The van der Waals surface area contributed by atoms with Gasteiger partial charge < -0.3 is 15.6 Å². The third kappa shape index (κ3) is 4.70. The summed E-state index contributed by atoms with van der Waals surface area (Å²) in [5.41, 5.74) is 9.31. The van der Waals surface area contributed by atoms with Gasteiger partial charge in [-0.3, -0.25) is 9.78 Å². The molecular weight excluding hydrogens is 408 g/mol. The quantitative estimate of drug-likeness (QED) is 0.411. The van der Waals surface area contributed by atoms with E-state index in [-0.39, 0.29) is 11.3 Å². The Bertz CT molecular complexity index is 1270. The predicted octanol–water partition coefficient (Wildman–Crippen LogP) is 3.50. The largest absolute Gasteiger partial charge is 0.478 e. The van der Waals surface area contributed by atoms with Gasteiger partial charge in [0.25, 0.3) is 5.91 Å². The monoisotopic (exact) mass is 428 g/mol. The van der Waals surface area contributed by atoms with Crippen molar-refractivity contribution in [1.29, 1.82) is 0 Å². The number of primary amides is 1. The minimum Gasteiger partial charge on any atom is -0.478 e. The molecule has 0 fully saturated rings. The van der Waals surface area contributed by atoms with Crippen molar-refractivity contribution in [2.45, 2.75) is 12.8 Å². The van der Waals surface area contributed by atoms with Gasteiger partial charge in [0.05, 0.1) is 17.7 Å². The minimum absolute atomic E-state index is 0.125. The molecule has 3 N–H and O–H groups in total. The van der Waals surface area contributed by atoms with E-state index in [4.69, 9.17) is 15.6 Å². The van der Waals surface area contributed by atoms with Gasteiger partial charge in [0.2, 0.25) is 5.88 Å². The van der Waals surface area contributed by atoms with E-state index >= 15 is 0 Å². The maximum atomic E-state index is 11.5. The van der Waals surface area contributed by atoms with Crippen LogP contribution in [-0.2, 0) is 6.42 Å². The molecule has 3 heterocycles. The molecule has 0 atom stereocenters. The maximum absolute atomic E-state index is 11.5. The number of pyridine rings is 3. The number of nitrogens with zero attached hydrogens (tertiary/aromatic N) is 3. The molecule has 0 spiro atoms. The number of benzene rings is 1. The minimum atomic E-state index is -1.02. The highest BCUT2D eigenvalue weighted by Gasteiger charge is 2.10. The summed E-state index contributed by atoms with van der Waals surface area (Å²) in [4.78, 5) is 35.0. The second kappa shape index (κ2) is 9.22. The van der Waals surface area contributed by atoms with Crippen molar-refractivity contribution in [1.82, 2.24) is 15.0 Å². The van der Waals surface area contributed by atoms with Crippen molar-refractivity contribution in [2.75, 3.05) is 6.61 Å². The standard InChI is InChI=1S/C24H20N4O4/c25-23(29)20-9-7-17-12-26-14-19(22(17)28-20)16-5-3-15(4-6-16)2-1-11-32-21-10-8-18(13-27-21)24(30)31/h3-10,12-14H,1-2,11H2,(H2,25,29)(H,30,31). The molecule has 4 rings (SSSR count). The first kappa shape index (κ1) is 20.9. The van der Waals surface area contributed by atoms with Crippen LogP contribution >= 0.6 is 0 Å². The van der Waals surface area contributed by atoms with Gasteiger partial charge in [0.1, 0.15) is 5.69 Å². The Kier molecular flexibility index (Phi) is 6.03. The van der Waals surface area contributed by atoms with Crippen molar-refractivity contribution in [2.24, 2.45) is 5.73 Å². The van der Waals surface area contributed by atoms with Crippen molar-refractivity contribution in [3.05, 3.63) is 83.9 Å². The molecule has 0 aliphatic heterocycles. The van der Waals surface area contributed by atoms with Crippen LogP contribution in [-0.4, -0.2) is 38.5 Å². The van der Waals surface area contributed by atoms with E-state index in [0.29, 0.717) is 18.0 Å². The number of amides is 1. The summed E-state index contributed by atoms with van der Waals surface area (Å²) in [6, 6.07) is 14.5. The summed E-state index contributed by atoms with van der Waals surface area (Å²) in [5.74, 6) is -1.19. The summed E-state index contributed by atoms with van der Waals surface area (Å²) in [5, 5.41) is 9.72. The number of carbonyl (C=O) groups is 2. The lowest BCUT2D eigenvalue weighted by Crippen LogP contribution is -2.12. The van der Waals surface area contributed by atoms with Crippen LogP contribution in [0.15, 0.2) is 67.1 Å². The number of hydrogen-bond acceptors (Lipinski definition) is 6. The van der Waals surface area contributed by atoms with Gasteiger partial charge in [0, 0.05) is 35.6 Å². The van der Waals surface area contributed by atoms with Crippen LogP contribution in [0.4, 0.5) is 0 Å². The Balaban J connectivity index is 1.40. The average molecular weight is 428 g/mol. The molecule has 0 saturated heterocycles. The molecule has 160 valence electrons. The smallest absolute Gasteiger partial charge is 0.337 e. The lowest BCUT2D eigenvalue weighted by molar-refractivity contribution is 0.0696. The Labute approximate surface area is 183 Å². The van der Waals surface area contributed by atoms with Crippen molar-refractivity contribution < 1.29 is 19.4 Å². The van der Waals surface area contributed by atoms with Crippen LogP contribution in [0.5, 0.6) is 5.88 Å². The fourth-order valence-corrected chi connectivity index (χ4v) is 3.29. The first-order valence-electron chi connectivity index (χ1n) is 9.97. The zero-order chi connectivity index (χ0) is 22.5. The zero-order valence-electron chi connectivity index (χ0n) is 17.1. The molecule has 0 bridgehead atoms. The molecule has 0 unspecified atom stereocenters. The molecule has 0 aliphatic rings. The molecule has 1 aromatic carbocycles. The first-order valence-corrected chi connectivity index (χ1v) is 9.97. The van der Waals surface area contributed by atoms with E-state index in [1.807, 2.05) is 24.3 Å². The Morgan fingerprint density at radius 1 is 0.969 bits per heavy atom. The number of fused-ring (bicyclic) bond motifs is 1. The van der Waals surface area contributed by atoms with Gasteiger partial charge in [-0.15, -0.1) is 0 Å². The maximum Gasteiger partial charge on any atom is 0.337 e. The number of aromatic nitrogens is 3. The van der Waals surface area contributed by atoms with Gasteiger partial charge in [-0.2, -0.15) is 0 Å². The highest BCUT2D eigenvalue weighted by atomic mass is 16.5. The summed E-state index contributed by atoms with van der Waals surface area (Å²) in [6.45, 7) is 0.466. The number of ether oxygens (including phenoxy) is 1. The topological polar surface area (TPSA) is 128 Å². The SMILES string of the molecule is NC(=O)c1ccc2cncc(-c3ccc(CCCOc4ccc(C(=O)O)cn4)cc3)c2n1. The van der Waals surface area contributed by atoms with E-state index in [9.17, 15) is 9.59 Å². The average Bonchev–Trinajstić information content (AvgIpc) is 2.82. The van der Waals surface area contributed by atoms with E-state index in [2.05, 4.69) is 15.0 Å². The molecular formula is C24H20N4O4. The molecule has 3 aromatic heterocycles. The third-order valence-electron chi connectivity index (χ3n) is 4.96. The van der Waals surface area contributed by atoms with Gasteiger partial charge in [-0.25, -0.2) is 14.8 Å². The van der Waals surface area contributed by atoms with Crippen LogP contribution < -0.4 is 10.5 Å².